The Balaban J connectivity index is 1.62. The van der Waals surface area contributed by atoms with E-state index < -0.39 is 0 Å². The largest absolute Gasteiger partial charge is 0.467 e. The quantitative estimate of drug-likeness (QED) is 0.598. The Morgan fingerprint density at radius 1 is 1.16 bits per heavy atom. The Morgan fingerprint density at radius 2 is 1.94 bits per heavy atom. The Kier molecular flexibility index (Phi) is 5.48. The van der Waals surface area contributed by atoms with Gasteiger partial charge in [-0.2, -0.15) is 0 Å². The van der Waals surface area contributed by atoms with Crippen molar-refractivity contribution in [3.63, 3.8) is 0 Å². The summed E-state index contributed by atoms with van der Waals surface area (Å²) < 4.78 is 17.9. The molecule has 0 atom stereocenters. The van der Waals surface area contributed by atoms with Crippen molar-refractivity contribution >= 4 is 17.6 Å². The van der Waals surface area contributed by atoms with Gasteiger partial charge in [-0.25, -0.2) is 24.7 Å². The minimum atomic E-state index is -0.306. The molecule has 0 spiro atoms. The van der Waals surface area contributed by atoms with E-state index in [4.69, 9.17) is 24.2 Å². The van der Waals surface area contributed by atoms with Crippen LogP contribution < -0.4 is 9.64 Å². The lowest BCUT2D eigenvalue weighted by atomic mass is 10.1. The first-order valence-corrected chi connectivity index (χ1v) is 10.7. The van der Waals surface area contributed by atoms with Gasteiger partial charge in [-0.3, -0.25) is 4.40 Å². The zero-order valence-corrected chi connectivity index (χ0v) is 18.2. The average Bonchev–Trinajstić information content (AvgIpc) is 3.22. The summed E-state index contributed by atoms with van der Waals surface area (Å²) in [5.41, 5.74) is 4.20. The van der Waals surface area contributed by atoms with E-state index in [1.165, 1.54) is 7.11 Å². The SMILES string of the molecule is CCOC(=O)N1CCc2nc3c(N4CCOCC4)nc(-c4cnc(OC)nc4)cn3c2C1. The summed E-state index contributed by atoms with van der Waals surface area (Å²) in [6, 6.07) is 0.299. The van der Waals surface area contributed by atoms with E-state index in [1.54, 1.807) is 17.3 Å². The summed E-state index contributed by atoms with van der Waals surface area (Å²) in [7, 11) is 1.53. The molecule has 0 radical (unpaired) electrons. The van der Waals surface area contributed by atoms with Gasteiger partial charge >= 0.3 is 12.1 Å². The summed E-state index contributed by atoms with van der Waals surface area (Å²) in [6.07, 6.45) is 5.68. The molecule has 168 valence electrons. The number of anilines is 1. The summed E-state index contributed by atoms with van der Waals surface area (Å²) >= 11 is 0. The fourth-order valence-corrected chi connectivity index (χ4v) is 4.04. The molecule has 5 heterocycles. The van der Waals surface area contributed by atoms with Crippen LogP contribution in [-0.4, -0.2) is 81.9 Å². The monoisotopic (exact) mass is 439 g/mol. The summed E-state index contributed by atoms with van der Waals surface area (Å²) in [5.74, 6) is 0.790. The molecule has 0 bridgehead atoms. The number of carbonyl (C=O) groups is 1. The molecule has 32 heavy (non-hydrogen) atoms. The van der Waals surface area contributed by atoms with E-state index in [1.807, 2.05) is 17.5 Å². The third-order valence-electron chi connectivity index (χ3n) is 5.67. The molecule has 5 rings (SSSR count). The highest BCUT2D eigenvalue weighted by Crippen LogP contribution is 2.30. The molecule has 3 aromatic rings. The van der Waals surface area contributed by atoms with Crippen molar-refractivity contribution in [1.82, 2.24) is 29.2 Å². The number of rotatable bonds is 4. The zero-order valence-electron chi connectivity index (χ0n) is 18.2. The van der Waals surface area contributed by atoms with Crippen molar-refractivity contribution in [1.29, 1.82) is 0 Å². The van der Waals surface area contributed by atoms with E-state index in [0.29, 0.717) is 45.3 Å². The molecule has 2 aliphatic heterocycles. The van der Waals surface area contributed by atoms with Crippen LogP contribution in [0.25, 0.3) is 16.9 Å². The molecule has 0 N–H and O–H groups in total. The van der Waals surface area contributed by atoms with Crippen molar-refractivity contribution in [3.8, 4) is 17.3 Å². The molecule has 3 aromatic heterocycles. The molecule has 1 amide bonds. The number of carbonyl (C=O) groups excluding carboxylic acids is 1. The molecule has 1 fully saturated rings. The molecular formula is C21H25N7O4. The highest BCUT2D eigenvalue weighted by molar-refractivity contribution is 5.72. The number of hydrogen-bond donors (Lipinski definition) is 0. The lowest BCUT2D eigenvalue weighted by Gasteiger charge is -2.28. The second kappa shape index (κ2) is 8.58. The minimum absolute atomic E-state index is 0.299. The number of amides is 1. The number of fused-ring (bicyclic) bond motifs is 3. The number of morpholine rings is 1. The van der Waals surface area contributed by atoms with Gasteiger partial charge in [-0.05, 0) is 6.92 Å². The third-order valence-corrected chi connectivity index (χ3v) is 5.67. The zero-order chi connectivity index (χ0) is 22.1. The Morgan fingerprint density at radius 3 is 2.66 bits per heavy atom. The van der Waals surface area contributed by atoms with E-state index in [2.05, 4.69) is 14.9 Å². The van der Waals surface area contributed by atoms with Gasteiger partial charge < -0.3 is 24.0 Å². The number of ether oxygens (including phenoxy) is 3. The van der Waals surface area contributed by atoms with Gasteiger partial charge in [0.2, 0.25) is 0 Å². The lowest BCUT2D eigenvalue weighted by molar-refractivity contribution is 0.102. The lowest BCUT2D eigenvalue weighted by Crippen LogP contribution is -2.37. The van der Waals surface area contributed by atoms with Crippen molar-refractivity contribution in [2.75, 3.05) is 51.5 Å². The predicted octanol–water partition coefficient (Wildman–Crippen LogP) is 1.55. The maximum absolute atomic E-state index is 12.3. The molecule has 11 heteroatoms. The van der Waals surface area contributed by atoms with E-state index in [-0.39, 0.29) is 6.09 Å². The molecule has 1 saturated heterocycles. The van der Waals surface area contributed by atoms with E-state index in [9.17, 15) is 4.79 Å². The van der Waals surface area contributed by atoms with Crippen LogP contribution >= 0.6 is 0 Å². The smallest absolute Gasteiger partial charge is 0.410 e. The van der Waals surface area contributed by atoms with Crippen LogP contribution in [0, 0.1) is 0 Å². The van der Waals surface area contributed by atoms with Crippen LogP contribution in [0.3, 0.4) is 0 Å². The molecule has 0 aliphatic carbocycles. The van der Waals surface area contributed by atoms with Crippen molar-refractivity contribution < 1.29 is 19.0 Å². The summed E-state index contributed by atoms with van der Waals surface area (Å²) in [5, 5.41) is 0. The molecule has 11 nitrogen and oxygen atoms in total. The maximum Gasteiger partial charge on any atom is 0.410 e. The second-order valence-corrected chi connectivity index (χ2v) is 7.58. The first-order valence-electron chi connectivity index (χ1n) is 10.7. The molecule has 0 unspecified atom stereocenters. The van der Waals surface area contributed by atoms with E-state index >= 15 is 0 Å². The number of hydrogen-bond acceptors (Lipinski definition) is 9. The predicted molar refractivity (Wildman–Crippen MR) is 115 cm³/mol. The number of imidazole rings is 1. The normalized spacial score (nSPS) is 16.2. The standard InChI is InChI=1S/C21H25N7O4/c1-3-32-21(29)27-5-4-15-17(13-27)28-12-16(14-10-22-20(30-2)23-11-14)25-18(19(28)24-15)26-6-8-31-9-7-26/h10-12H,3-9,13H2,1-2H3. The van der Waals surface area contributed by atoms with Crippen LogP contribution in [0.4, 0.5) is 10.6 Å². The molecular weight excluding hydrogens is 414 g/mol. The summed E-state index contributed by atoms with van der Waals surface area (Å²) in [6.45, 7) is 5.92. The minimum Gasteiger partial charge on any atom is -0.467 e. The topological polar surface area (TPSA) is 107 Å². The average molecular weight is 439 g/mol. The number of aromatic nitrogens is 5. The summed E-state index contributed by atoms with van der Waals surface area (Å²) in [4.78, 5) is 34.5. The van der Waals surface area contributed by atoms with Gasteiger partial charge in [0.25, 0.3) is 0 Å². The molecule has 0 saturated carbocycles. The first-order chi connectivity index (χ1) is 15.7. The number of methoxy groups -OCH3 is 1. The van der Waals surface area contributed by atoms with Crippen molar-refractivity contribution in [2.45, 2.75) is 19.9 Å². The Labute approximate surface area is 185 Å². The third kappa shape index (κ3) is 3.68. The van der Waals surface area contributed by atoms with E-state index in [0.717, 1.165) is 47.2 Å². The second-order valence-electron chi connectivity index (χ2n) is 7.58. The van der Waals surface area contributed by atoms with Crippen molar-refractivity contribution in [2.24, 2.45) is 0 Å². The Bertz CT molecular complexity index is 1130. The van der Waals surface area contributed by atoms with Gasteiger partial charge in [0.1, 0.15) is 0 Å². The molecule has 2 aliphatic rings. The highest BCUT2D eigenvalue weighted by Gasteiger charge is 2.28. The van der Waals surface area contributed by atoms with Crippen LogP contribution in [0.2, 0.25) is 0 Å². The highest BCUT2D eigenvalue weighted by atomic mass is 16.6. The maximum atomic E-state index is 12.3. The van der Waals surface area contributed by atoms with Gasteiger partial charge in [0, 0.05) is 50.2 Å². The first kappa shape index (κ1) is 20.4. The van der Waals surface area contributed by atoms with Crippen LogP contribution in [-0.2, 0) is 22.4 Å². The fourth-order valence-electron chi connectivity index (χ4n) is 4.04. The number of nitrogens with zero attached hydrogens (tertiary/aromatic N) is 7. The van der Waals surface area contributed by atoms with Gasteiger partial charge in [-0.1, -0.05) is 0 Å². The van der Waals surface area contributed by atoms with Crippen LogP contribution in [0.15, 0.2) is 18.6 Å². The van der Waals surface area contributed by atoms with Crippen LogP contribution in [0.5, 0.6) is 6.01 Å². The van der Waals surface area contributed by atoms with Crippen molar-refractivity contribution in [3.05, 3.63) is 30.0 Å². The van der Waals surface area contributed by atoms with Gasteiger partial charge in [-0.15, -0.1) is 0 Å². The van der Waals surface area contributed by atoms with Gasteiger partial charge in [0.05, 0.1) is 50.6 Å². The fraction of sp³-hybridized carbons (Fsp3) is 0.476. The van der Waals surface area contributed by atoms with Gasteiger partial charge in [0.15, 0.2) is 11.5 Å². The molecule has 0 aromatic carbocycles. The van der Waals surface area contributed by atoms with Crippen LogP contribution in [0.1, 0.15) is 18.3 Å². The Hall–Kier alpha value is -3.47.